The molecule has 1 aromatic carbocycles. The van der Waals surface area contributed by atoms with E-state index in [-0.39, 0.29) is 12.1 Å². The van der Waals surface area contributed by atoms with E-state index < -0.39 is 0 Å². The second-order valence-electron chi connectivity index (χ2n) is 6.49. The molecular formula is C17H21N9O2. The summed E-state index contributed by atoms with van der Waals surface area (Å²) in [5.41, 5.74) is 1.15. The fourth-order valence-corrected chi connectivity index (χ4v) is 3.09. The van der Waals surface area contributed by atoms with E-state index in [1.807, 2.05) is 6.92 Å². The molecule has 0 bridgehead atoms. The number of hydrogen-bond acceptors (Lipinski definition) is 7. The molecule has 2 amide bonds. The van der Waals surface area contributed by atoms with Crippen LogP contribution in [0.4, 0.5) is 10.5 Å². The van der Waals surface area contributed by atoms with E-state index >= 15 is 0 Å². The Balaban J connectivity index is 1.56. The van der Waals surface area contributed by atoms with Gasteiger partial charge in [0.05, 0.1) is 24.5 Å². The number of ether oxygens (including phenoxy) is 1. The average molecular weight is 383 g/mol. The quantitative estimate of drug-likeness (QED) is 0.634. The van der Waals surface area contributed by atoms with Gasteiger partial charge in [-0.1, -0.05) is 0 Å². The third-order valence-corrected chi connectivity index (χ3v) is 4.65. The zero-order valence-corrected chi connectivity index (χ0v) is 15.6. The number of aryl methyl sites for hydroxylation is 1. The van der Waals surface area contributed by atoms with Crippen LogP contribution in [0.2, 0.25) is 0 Å². The molecule has 1 aliphatic carbocycles. The van der Waals surface area contributed by atoms with E-state index in [2.05, 4.69) is 36.2 Å². The van der Waals surface area contributed by atoms with Crippen molar-refractivity contribution in [1.82, 2.24) is 40.3 Å². The molecule has 11 nitrogen and oxygen atoms in total. The molecule has 1 fully saturated rings. The molecule has 1 atom stereocenters. The molecule has 0 unspecified atom stereocenters. The van der Waals surface area contributed by atoms with Crippen molar-refractivity contribution in [2.24, 2.45) is 5.92 Å². The number of methoxy groups -OCH3 is 1. The highest BCUT2D eigenvalue weighted by Crippen LogP contribution is 2.40. The molecule has 0 radical (unpaired) electrons. The lowest BCUT2D eigenvalue weighted by Crippen LogP contribution is -2.35. The van der Waals surface area contributed by atoms with E-state index in [0.29, 0.717) is 29.6 Å². The van der Waals surface area contributed by atoms with Crippen LogP contribution in [-0.2, 0) is 6.54 Å². The third kappa shape index (κ3) is 3.63. The lowest BCUT2D eigenvalue weighted by atomic mass is 10.1. The highest BCUT2D eigenvalue weighted by molar-refractivity contribution is 5.92. The number of nitrogens with zero attached hydrogens (tertiary/aromatic N) is 7. The molecule has 11 heteroatoms. The summed E-state index contributed by atoms with van der Waals surface area (Å²) in [5, 5.41) is 21.3. The second kappa shape index (κ2) is 7.62. The molecule has 1 aliphatic rings. The summed E-state index contributed by atoms with van der Waals surface area (Å²) in [4.78, 5) is 17.1. The van der Waals surface area contributed by atoms with Crippen molar-refractivity contribution in [3.8, 4) is 11.4 Å². The van der Waals surface area contributed by atoms with Gasteiger partial charge in [0.15, 0.2) is 0 Å². The van der Waals surface area contributed by atoms with Crippen LogP contribution >= 0.6 is 0 Å². The zero-order valence-electron chi connectivity index (χ0n) is 15.6. The van der Waals surface area contributed by atoms with Crippen LogP contribution in [0.1, 0.15) is 31.6 Å². The number of tetrazole rings is 1. The third-order valence-electron chi connectivity index (χ3n) is 4.65. The largest absolute Gasteiger partial charge is 0.497 e. The Morgan fingerprint density at radius 1 is 1.39 bits per heavy atom. The van der Waals surface area contributed by atoms with Gasteiger partial charge in [0.2, 0.25) is 0 Å². The van der Waals surface area contributed by atoms with Crippen LogP contribution < -0.4 is 15.4 Å². The van der Waals surface area contributed by atoms with Gasteiger partial charge in [0.1, 0.15) is 24.2 Å². The van der Waals surface area contributed by atoms with Crippen LogP contribution in [0.25, 0.3) is 5.69 Å². The fraction of sp³-hybridized carbons (Fsp3) is 0.412. The maximum absolute atomic E-state index is 12.8. The number of amides is 2. The van der Waals surface area contributed by atoms with Gasteiger partial charge in [-0.05, 0) is 48.2 Å². The minimum atomic E-state index is -0.342. The summed E-state index contributed by atoms with van der Waals surface area (Å²) in [6, 6.07) is 4.74. The Bertz CT molecular complexity index is 949. The van der Waals surface area contributed by atoms with Crippen molar-refractivity contribution in [3.05, 3.63) is 36.7 Å². The SMILES string of the molecule is CCn1ncnc1[C@H](NC(=O)Nc1cc(OC)ccc1-n1cnnn1)C1CC1. The molecule has 2 N–H and O–H groups in total. The first kappa shape index (κ1) is 17.9. The van der Waals surface area contributed by atoms with Crippen molar-refractivity contribution in [2.75, 3.05) is 12.4 Å². The first-order chi connectivity index (χ1) is 13.7. The van der Waals surface area contributed by atoms with Crippen molar-refractivity contribution < 1.29 is 9.53 Å². The number of nitrogens with one attached hydrogen (secondary N) is 2. The summed E-state index contributed by atoms with van der Waals surface area (Å²) >= 11 is 0. The van der Waals surface area contributed by atoms with Gasteiger partial charge in [-0.25, -0.2) is 14.5 Å². The van der Waals surface area contributed by atoms with Crippen LogP contribution in [0.15, 0.2) is 30.9 Å². The van der Waals surface area contributed by atoms with Gasteiger partial charge in [0, 0.05) is 12.6 Å². The number of benzene rings is 1. The van der Waals surface area contributed by atoms with Crippen molar-refractivity contribution in [2.45, 2.75) is 32.4 Å². The Hall–Kier alpha value is -3.50. The average Bonchev–Trinajstić information content (AvgIpc) is 3.19. The molecule has 4 rings (SSSR count). The van der Waals surface area contributed by atoms with Gasteiger partial charge >= 0.3 is 6.03 Å². The number of hydrogen-bond donors (Lipinski definition) is 2. The second-order valence-corrected chi connectivity index (χ2v) is 6.49. The summed E-state index contributed by atoms with van der Waals surface area (Å²) in [6.45, 7) is 2.69. The Labute approximate surface area is 161 Å². The first-order valence-electron chi connectivity index (χ1n) is 9.06. The van der Waals surface area contributed by atoms with Gasteiger partial charge in [-0.2, -0.15) is 9.78 Å². The molecule has 0 saturated heterocycles. The summed E-state index contributed by atoms with van der Waals surface area (Å²) in [5.74, 6) is 1.74. The van der Waals surface area contributed by atoms with Crippen LogP contribution in [-0.4, -0.2) is 48.1 Å². The maximum atomic E-state index is 12.8. The molecule has 0 spiro atoms. The highest BCUT2D eigenvalue weighted by Gasteiger charge is 2.36. The van der Waals surface area contributed by atoms with Gasteiger partial charge in [-0.3, -0.25) is 0 Å². The minimum Gasteiger partial charge on any atom is -0.497 e. The Kier molecular flexibility index (Phi) is 4.87. The first-order valence-corrected chi connectivity index (χ1v) is 9.06. The molecule has 0 aliphatic heterocycles. The predicted molar refractivity (Wildman–Crippen MR) is 99.0 cm³/mol. The Morgan fingerprint density at radius 2 is 2.25 bits per heavy atom. The van der Waals surface area contributed by atoms with Gasteiger partial charge in [0.25, 0.3) is 0 Å². The number of carbonyl (C=O) groups is 1. The number of rotatable bonds is 7. The van der Waals surface area contributed by atoms with Crippen molar-refractivity contribution >= 4 is 11.7 Å². The molecule has 1 saturated carbocycles. The maximum Gasteiger partial charge on any atom is 0.319 e. The number of aromatic nitrogens is 7. The summed E-state index contributed by atoms with van der Waals surface area (Å²) in [6.07, 6.45) is 5.08. The fourth-order valence-electron chi connectivity index (χ4n) is 3.09. The summed E-state index contributed by atoms with van der Waals surface area (Å²) < 4.78 is 8.55. The normalized spacial score (nSPS) is 14.5. The topological polar surface area (TPSA) is 125 Å². The van der Waals surface area contributed by atoms with E-state index in [9.17, 15) is 4.79 Å². The lowest BCUT2D eigenvalue weighted by molar-refractivity contribution is 0.246. The van der Waals surface area contributed by atoms with E-state index in [0.717, 1.165) is 18.7 Å². The number of urea groups is 1. The van der Waals surface area contributed by atoms with E-state index in [1.165, 1.54) is 17.3 Å². The number of anilines is 1. The molecular weight excluding hydrogens is 362 g/mol. The van der Waals surface area contributed by atoms with Crippen LogP contribution in [0, 0.1) is 5.92 Å². The van der Waals surface area contributed by atoms with E-state index in [1.54, 1.807) is 30.0 Å². The molecule has 2 heterocycles. The molecule has 146 valence electrons. The zero-order chi connectivity index (χ0) is 19.5. The lowest BCUT2D eigenvalue weighted by Gasteiger charge is -2.19. The van der Waals surface area contributed by atoms with Crippen LogP contribution in [0.3, 0.4) is 0 Å². The smallest absolute Gasteiger partial charge is 0.319 e. The monoisotopic (exact) mass is 383 g/mol. The standard InChI is InChI=1S/C17H21N9O2/c1-3-25-16(18-9-20-25)15(11-4-5-11)22-17(27)21-13-8-12(28-2)6-7-14(13)26-10-19-23-24-26/h6-11,15H,3-5H2,1-2H3,(H2,21,22,27)/t15-/m1/s1. The minimum absolute atomic E-state index is 0.190. The summed E-state index contributed by atoms with van der Waals surface area (Å²) in [7, 11) is 1.57. The predicted octanol–water partition coefficient (Wildman–Crippen LogP) is 1.56. The van der Waals surface area contributed by atoms with Gasteiger partial charge < -0.3 is 15.4 Å². The highest BCUT2D eigenvalue weighted by atomic mass is 16.5. The van der Waals surface area contributed by atoms with Crippen molar-refractivity contribution in [3.63, 3.8) is 0 Å². The molecule has 28 heavy (non-hydrogen) atoms. The van der Waals surface area contributed by atoms with E-state index in [4.69, 9.17) is 4.74 Å². The molecule has 2 aromatic heterocycles. The van der Waals surface area contributed by atoms with Crippen molar-refractivity contribution in [1.29, 1.82) is 0 Å². The number of carbonyl (C=O) groups excluding carboxylic acids is 1. The molecule has 3 aromatic rings. The Morgan fingerprint density at radius 3 is 2.93 bits per heavy atom. The van der Waals surface area contributed by atoms with Gasteiger partial charge in [-0.15, -0.1) is 5.10 Å². The van der Waals surface area contributed by atoms with Crippen LogP contribution in [0.5, 0.6) is 5.75 Å².